The summed E-state index contributed by atoms with van der Waals surface area (Å²) in [6.07, 6.45) is 2.75. The number of rotatable bonds is 6. The van der Waals surface area contributed by atoms with E-state index in [9.17, 15) is 9.59 Å². The number of fused-ring (bicyclic) bond motifs is 1. The molecule has 7 nitrogen and oxygen atoms in total. The summed E-state index contributed by atoms with van der Waals surface area (Å²) in [5.41, 5.74) is 1.35. The third-order valence-corrected chi connectivity index (χ3v) is 4.20. The van der Waals surface area contributed by atoms with Crippen molar-refractivity contribution in [3.8, 4) is 17.2 Å². The number of benzene rings is 2. The van der Waals surface area contributed by atoms with E-state index in [-0.39, 0.29) is 0 Å². The maximum absolute atomic E-state index is 12.2. The van der Waals surface area contributed by atoms with Gasteiger partial charge in [0, 0.05) is 18.2 Å². The van der Waals surface area contributed by atoms with Gasteiger partial charge in [-0.25, -0.2) is 4.79 Å². The Morgan fingerprint density at radius 3 is 2.52 bits per heavy atom. The second kappa shape index (κ2) is 9.64. The first-order chi connectivity index (χ1) is 14.0. The number of methoxy groups -OCH3 is 1. The number of carbonyl (C=O) groups is 2. The summed E-state index contributed by atoms with van der Waals surface area (Å²) in [6.45, 7) is 2.71. The standard InChI is InChI=1S/C22H23NO6/c1-15(22(25)23-17-6-8-18(26-2)9-7-17)29-21(24)11-5-16-4-10-19-20(14-16)28-13-3-12-27-19/h4-11,14-15H,3,12-13H2,1-2H3,(H,23,25)/b11-5+/t15-/m0/s1. The number of hydrogen-bond acceptors (Lipinski definition) is 6. The van der Waals surface area contributed by atoms with E-state index >= 15 is 0 Å². The third-order valence-electron chi connectivity index (χ3n) is 4.20. The van der Waals surface area contributed by atoms with Crippen LogP contribution in [0.2, 0.25) is 0 Å². The van der Waals surface area contributed by atoms with Crippen molar-refractivity contribution >= 4 is 23.6 Å². The molecule has 152 valence electrons. The quantitative estimate of drug-likeness (QED) is 0.594. The molecular weight excluding hydrogens is 374 g/mol. The van der Waals surface area contributed by atoms with E-state index in [0.717, 1.165) is 12.0 Å². The van der Waals surface area contributed by atoms with Crippen molar-refractivity contribution in [1.82, 2.24) is 0 Å². The van der Waals surface area contributed by atoms with Crippen LogP contribution in [0, 0.1) is 0 Å². The monoisotopic (exact) mass is 397 g/mol. The minimum Gasteiger partial charge on any atom is -0.497 e. The van der Waals surface area contributed by atoms with Gasteiger partial charge in [-0.2, -0.15) is 0 Å². The van der Waals surface area contributed by atoms with E-state index < -0.39 is 18.0 Å². The zero-order chi connectivity index (χ0) is 20.6. The molecule has 0 unspecified atom stereocenters. The summed E-state index contributed by atoms with van der Waals surface area (Å²) in [5, 5.41) is 2.69. The topological polar surface area (TPSA) is 83.1 Å². The fourth-order valence-electron chi connectivity index (χ4n) is 2.63. The van der Waals surface area contributed by atoms with Gasteiger partial charge in [0.2, 0.25) is 0 Å². The minimum absolute atomic E-state index is 0.424. The van der Waals surface area contributed by atoms with Gasteiger partial charge in [-0.3, -0.25) is 4.79 Å². The molecule has 0 aliphatic carbocycles. The van der Waals surface area contributed by atoms with Gasteiger partial charge < -0.3 is 24.3 Å². The minimum atomic E-state index is -0.946. The molecule has 0 radical (unpaired) electrons. The average molecular weight is 397 g/mol. The third kappa shape index (κ3) is 5.75. The molecule has 0 aromatic heterocycles. The summed E-state index contributed by atoms with van der Waals surface area (Å²) in [6, 6.07) is 12.3. The Balaban J connectivity index is 1.53. The van der Waals surface area contributed by atoms with Crippen LogP contribution in [-0.2, 0) is 14.3 Å². The molecule has 0 fully saturated rings. The molecule has 1 atom stereocenters. The second-order valence-corrected chi connectivity index (χ2v) is 6.39. The van der Waals surface area contributed by atoms with Crippen LogP contribution < -0.4 is 19.5 Å². The van der Waals surface area contributed by atoms with Gasteiger partial charge in [-0.15, -0.1) is 0 Å². The molecule has 0 saturated heterocycles. The summed E-state index contributed by atoms with van der Waals surface area (Å²) in [4.78, 5) is 24.2. The van der Waals surface area contributed by atoms with Crippen molar-refractivity contribution in [3.63, 3.8) is 0 Å². The van der Waals surface area contributed by atoms with Crippen LogP contribution >= 0.6 is 0 Å². The summed E-state index contributed by atoms with van der Waals surface area (Å²) in [7, 11) is 1.56. The number of esters is 1. The maximum atomic E-state index is 12.2. The lowest BCUT2D eigenvalue weighted by molar-refractivity contribution is -0.148. The Bertz CT molecular complexity index is 891. The number of nitrogens with one attached hydrogen (secondary N) is 1. The first-order valence-electron chi connectivity index (χ1n) is 9.28. The van der Waals surface area contributed by atoms with E-state index in [1.54, 1.807) is 49.6 Å². The highest BCUT2D eigenvalue weighted by Gasteiger charge is 2.17. The Hall–Kier alpha value is -3.48. The number of carbonyl (C=O) groups excluding carboxylic acids is 2. The van der Waals surface area contributed by atoms with E-state index in [2.05, 4.69) is 5.32 Å². The number of ether oxygens (including phenoxy) is 4. The van der Waals surface area contributed by atoms with Gasteiger partial charge in [0.1, 0.15) is 5.75 Å². The molecule has 0 saturated carbocycles. The predicted octanol–water partition coefficient (Wildman–Crippen LogP) is 3.44. The zero-order valence-electron chi connectivity index (χ0n) is 16.3. The Kier molecular flexibility index (Phi) is 6.73. The Morgan fingerprint density at radius 2 is 1.79 bits per heavy atom. The zero-order valence-corrected chi connectivity index (χ0v) is 16.3. The Morgan fingerprint density at radius 1 is 1.07 bits per heavy atom. The van der Waals surface area contributed by atoms with Gasteiger partial charge in [-0.1, -0.05) is 6.07 Å². The lowest BCUT2D eigenvalue weighted by Crippen LogP contribution is -2.29. The van der Waals surface area contributed by atoms with E-state index in [1.807, 2.05) is 6.07 Å². The summed E-state index contributed by atoms with van der Waals surface area (Å²) >= 11 is 0. The van der Waals surface area contributed by atoms with Crippen molar-refractivity contribution in [3.05, 3.63) is 54.1 Å². The van der Waals surface area contributed by atoms with E-state index in [4.69, 9.17) is 18.9 Å². The molecule has 0 bridgehead atoms. The van der Waals surface area contributed by atoms with Crippen LogP contribution in [0.15, 0.2) is 48.5 Å². The van der Waals surface area contributed by atoms with E-state index in [0.29, 0.717) is 36.1 Å². The van der Waals surface area contributed by atoms with Crippen molar-refractivity contribution in [2.75, 3.05) is 25.6 Å². The van der Waals surface area contributed by atoms with Gasteiger partial charge in [0.15, 0.2) is 17.6 Å². The lowest BCUT2D eigenvalue weighted by atomic mass is 10.2. The highest BCUT2D eigenvalue weighted by molar-refractivity contribution is 5.96. The van der Waals surface area contributed by atoms with Gasteiger partial charge in [-0.05, 0) is 55.0 Å². The molecule has 1 heterocycles. The molecule has 2 aromatic carbocycles. The summed E-state index contributed by atoms with van der Waals surface area (Å²) in [5.74, 6) is 0.973. The first kappa shape index (κ1) is 20.3. The lowest BCUT2D eigenvalue weighted by Gasteiger charge is -2.12. The van der Waals surface area contributed by atoms with Crippen LogP contribution in [0.4, 0.5) is 5.69 Å². The number of hydrogen-bond donors (Lipinski definition) is 1. The largest absolute Gasteiger partial charge is 0.497 e. The van der Waals surface area contributed by atoms with Crippen LogP contribution in [0.3, 0.4) is 0 Å². The molecule has 7 heteroatoms. The molecular formula is C22H23NO6. The molecule has 3 rings (SSSR count). The highest BCUT2D eigenvalue weighted by atomic mass is 16.5. The van der Waals surface area contributed by atoms with Gasteiger partial charge >= 0.3 is 5.97 Å². The molecule has 1 amide bonds. The fraction of sp³-hybridized carbons (Fsp3) is 0.273. The van der Waals surface area contributed by atoms with Crippen molar-refractivity contribution in [1.29, 1.82) is 0 Å². The highest BCUT2D eigenvalue weighted by Crippen LogP contribution is 2.30. The van der Waals surface area contributed by atoms with Crippen LogP contribution in [0.5, 0.6) is 17.2 Å². The van der Waals surface area contributed by atoms with Crippen LogP contribution in [0.25, 0.3) is 6.08 Å². The number of amides is 1. The van der Waals surface area contributed by atoms with E-state index in [1.165, 1.54) is 13.0 Å². The van der Waals surface area contributed by atoms with Gasteiger partial charge in [0.25, 0.3) is 5.91 Å². The van der Waals surface area contributed by atoms with Crippen LogP contribution in [-0.4, -0.2) is 38.3 Å². The van der Waals surface area contributed by atoms with Crippen LogP contribution in [0.1, 0.15) is 18.9 Å². The maximum Gasteiger partial charge on any atom is 0.331 e. The molecule has 29 heavy (non-hydrogen) atoms. The molecule has 1 aliphatic heterocycles. The second-order valence-electron chi connectivity index (χ2n) is 6.39. The predicted molar refractivity (Wildman–Crippen MR) is 108 cm³/mol. The molecule has 1 aliphatic rings. The van der Waals surface area contributed by atoms with Crippen molar-refractivity contribution < 1.29 is 28.5 Å². The van der Waals surface area contributed by atoms with Gasteiger partial charge in [0.05, 0.1) is 20.3 Å². The number of anilines is 1. The smallest absolute Gasteiger partial charge is 0.331 e. The summed E-state index contributed by atoms with van der Waals surface area (Å²) < 4.78 is 21.4. The molecule has 0 spiro atoms. The normalized spacial score (nSPS) is 14.0. The fourth-order valence-corrected chi connectivity index (χ4v) is 2.63. The van der Waals surface area contributed by atoms with Crippen molar-refractivity contribution in [2.45, 2.75) is 19.4 Å². The molecule has 1 N–H and O–H groups in total. The average Bonchev–Trinajstić information content (AvgIpc) is 2.97. The SMILES string of the molecule is COc1ccc(NC(=O)[C@H](C)OC(=O)/C=C/c2ccc3c(c2)OCCCO3)cc1. The Labute approximate surface area is 169 Å². The first-order valence-corrected chi connectivity index (χ1v) is 9.28. The van der Waals surface area contributed by atoms with Crippen molar-refractivity contribution in [2.24, 2.45) is 0 Å². The molecule has 2 aromatic rings.